The molecule has 4 nitrogen and oxygen atoms in total. The number of hydrogen-bond donors (Lipinski definition) is 0. The number of halogens is 2. The predicted octanol–water partition coefficient (Wildman–Crippen LogP) is 3.89. The second-order valence-electron chi connectivity index (χ2n) is 4.79. The number of hydrogen-bond acceptors (Lipinski definition) is 3. The summed E-state index contributed by atoms with van der Waals surface area (Å²) in [7, 11) is 0. The molecule has 6 heteroatoms. The van der Waals surface area contributed by atoms with Crippen LogP contribution in [-0.4, -0.2) is 9.38 Å². The Morgan fingerprint density at radius 3 is 2.77 bits per heavy atom. The minimum Gasteiger partial charge on any atom is -0.486 e. The maximum Gasteiger partial charge on any atom is 0.258 e. The van der Waals surface area contributed by atoms with Crippen molar-refractivity contribution in [2.45, 2.75) is 13.5 Å². The van der Waals surface area contributed by atoms with Crippen LogP contribution in [0.2, 0.25) is 10.0 Å². The number of benzene rings is 1. The van der Waals surface area contributed by atoms with Gasteiger partial charge in [0.2, 0.25) is 0 Å². The van der Waals surface area contributed by atoms with E-state index < -0.39 is 0 Å². The van der Waals surface area contributed by atoms with Crippen LogP contribution in [0.25, 0.3) is 5.65 Å². The lowest BCUT2D eigenvalue weighted by atomic mass is 10.3. The highest BCUT2D eigenvalue weighted by Gasteiger charge is 2.08. The molecule has 3 rings (SSSR count). The number of pyridine rings is 1. The van der Waals surface area contributed by atoms with E-state index in [1.165, 1.54) is 6.07 Å². The lowest BCUT2D eigenvalue weighted by molar-refractivity contribution is 0.301. The van der Waals surface area contributed by atoms with Crippen LogP contribution < -0.4 is 10.3 Å². The second-order valence-corrected chi connectivity index (χ2v) is 5.57. The molecular weight excluding hydrogens is 323 g/mol. The van der Waals surface area contributed by atoms with Gasteiger partial charge in [0.05, 0.1) is 10.7 Å². The molecule has 2 aromatic heterocycles. The topological polar surface area (TPSA) is 43.6 Å². The number of aryl methyl sites for hydroxylation is 1. The third-order valence-electron chi connectivity index (χ3n) is 3.22. The van der Waals surface area contributed by atoms with Crippen molar-refractivity contribution < 1.29 is 4.74 Å². The zero-order valence-corrected chi connectivity index (χ0v) is 13.2. The van der Waals surface area contributed by atoms with Gasteiger partial charge in [-0.25, -0.2) is 4.98 Å². The highest BCUT2D eigenvalue weighted by molar-refractivity contribution is 6.42. The fraction of sp³-hybridized carbons (Fsp3) is 0.125. The summed E-state index contributed by atoms with van der Waals surface area (Å²) >= 11 is 12.0. The average molecular weight is 335 g/mol. The van der Waals surface area contributed by atoms with Crippen molar-refractivity contribution >= 4 is 28.8 Å². The van der Waals surface area contributed by atoms with Crippen molar-refractivity contribution in [3.05, 3.63) is 74.3 Å². The van der Waals surface area contributed by atoms with Crippen LogP contribution in [-0.2, 0) is 6.61 Å². The van der Waals surface area contributed by atoms with Crippen molar-refractivity contribution in [1.29, 1.82) is 0 Å². The maximum atomic E-state index is 12.2. The minimum atomic E-state index is -0.140. The fourth-order valence-corrected chi connectivity index (χ4v) is 2.53. The molecule has 0 saturated heterocycles. The molecular formula is C16H12Cl2N2O2. The van der Waals surface area contributed by atoms with Gasteiger partial charge in [-0.1, -0.05) is 35.3 Å². The van der Waals surface area contributed by atoms with E-state index >= 15 is 0 Å². The molecule has 0 atom stereocenters. The Kier molecular flexibility index (Phi) is 4.05. The van der Waals surface area contributed by atoms with Gasteiger partial charge in [-0.2, -0.15) is 0 Å². The van der Waals surface area contributed by atoms with Crippen LogP contribution in [0.5, 0.6) is 5.75 Å². The Morgan fingerprint density at radius 2 is 1.95 bits per heavy atom. The Bertz CT molecular complexity index is 906. The number of fused-ring (bicyclic) bond motifs is 1. The summed E-state index contributed by atoms with van der Waals surface area (Å²) in [6.45, 7) is 2.00. The first kappa shape index (κ1) is 14.9. The molecule has 0 aliphatic carbocycles. The van der Waals surface area contributed by atoms with Gasteiger partial charge >= 0.3 is 0 Å². The molecule has 112 valence electrons. The highest BCUT2D eigenvalue weighted by atomic mass is 35.5. The first-order valence-electron chi connectivity index (χ1n) is 6.61. The SMILES string of the molecule is Cc1cccc2nc(COc3cccc(Cl)c3Cl)cc(=O)n12. The molecule has 0 aliphatic heterocycles. The molecule has 1 aromatic carbocycles. The van der Waals surface area contributed by atoms with Crippen molar-refractivity contribution in [1.82, 2.24) is 9.38 Å². The molecule has 0 spiro atoms. The standard InChI is InChI=1S/C16H12Cl2N2O2/c1-10-4-2-7-14-19-11(8-15(21)20(10)14)9-22-13-6-3-5-12(17)16(13)18/h2-8H,9H2,1H3. The molecule has 22 heavy (non-hydrogen) atoms. The maximum absolute atomic E-state index is 12.2. The summed E-state index contributed by atoms with van der Waals surface area (Å²) in [5, 5.41) is 0.763. The van der Waals surface area contributed by atoms with Gasteiger partial charge in [0.1, 0.15) is 23.0 Å². The third-order valence-corrected chi connectivity index (χ3v) is 4.03. The van der Waals surface area contributed by atoms with Gasteiger partial charge in [-0.05, 0) is 31.2 Å². The summed E-state index contributed by atoms with van der Waals surface area (Å²) < 4.78 is 7.16. The summed E-state index contributed by atoms with van der Waals surface area (Å²) in [4.78, 5) is 16.6. The van der Waals surface area contributed by atoms with Gasteiger partial charge in [0, 0.05) is 11.8 Å². The molecule has 3 aromatic rings. The second kappa shape index (κ2) is 5.99. The van der Waals surface area contributed by atoms with Crippen LogP contribution in [0.3, 0.4) is 0 Å². The zero-order chi connectivity index (χ0) is 15.7. The highest BCUT2D eigenvalue weighted by Crippen LogP contribution is 2.31. The van der Waals surface area contributed by atoms with E-state index in [-0.39, 0.29) is 12.2 Å². The van der Waals surface area contributed by atoms with Crippen molar-refractivity contribution in [3.63, 3.8) is 0 Å². The lowest BCUT2D eigenvalue weighted by Gasteiger charge is -2.10. The Labute approximate surface area is 136 Å². The van der Waals surface area contributed by atoms with Gasteiger partial charge in [-0.3, -0.25) is 9.20 Å². The summed E-state index contributed by atoms with van der Waals surface area (Å²) in [6.07, 6.45) is 0. The number of rotatable bonds is 3. The molecule has 0 N–H and O–H groups in total. The van der Waals surface area contributed by atoms with Crippen molar-refractivity contribution in [2.75, 3.05) is 0 Å². The fourth-order valence-electron chi connectivity index (χ4n) is 2.18. The number of nitrogens with zero attached hydrogens (tertiary/aromatic N) is 2. The number of ether oxygens (including phenoxy) is 1. The van der Waals surface area contributed by atoms with Crippen LogP contribution in [0, 0.1) is 6.92 Å². The molecule has 0 aliphatic rings. The van der Waals surface area contributed by atoms with Gasteiger partial charge in [0.25, 0.3) is 5.56 Å². The Morgan fingerprint density at radius 1 is 1.18 bits per heavy atom. The number of aromatic nitrogens is 2. The minimum absolute atomic E-state index is 0.139. The molecule has 0 fully saturated rings. The van der Waals surface area contributed by atoms with Crippen LogP contribution in [0.15, 0.2) is 47.3 Å². The smallest absolute Gasteiger partial charge is 0.258 e. The first-order chi connectivity index (χ1) is 10.6. The van der Waals surface area contributed by atoms with Crippen molar-refractivity contribution in [3.8, 4) is 5.75 Å². The quantitative estimate of drug-likeness (QED) is 0.729. The third kappa shape index (κ3) is 2.80. The van der Waals surface area contributed by atoms with E-state index in [0.29, 0.717) is 27.1 Å². The molecule has 0 unspecified atom stereocenters. The Balaban J connectivity index is 1.92. The van der Waals surface area contributed by atoms with Gasteiger partial charge in [0.15, 0.2) is 0 Å². The average Bonchev–Trinajstić information content (AvgIpc) is 2.48. The zero-order valence-electron chi connectivity index (χ0n) is 11.7. The van der Waals surface area contributed by atoms with Crippen LogP contribution in [0.1, 0.15) is 11.4 Å². The molecule has 0 saturated carbocycles. The van der Waals surface area contributed by atoms with E-state index in [4.69, 9.17) is 27.9 Å². The predicted molar refractivity (Wildman–Crippen MR) is 87.0 cm³/mol. The van der Waals surface area contributed by atoms with Gasteiger partial charge in [-0.15, -0.1) is 0 Å². The first-order valence-corrected chi connectivity index (χ1v) is 7.37. The van der Waals surface area contributed by atoms with Crippen LogP contribution >= 0.6 is 23.2 Å². The van der Waals surface area contributed by atoms with Crippen LogP contribution in [0.4, 0.5) is 0 Å². The van der Waals surface area contributed by atoms with Gasteiger partial charge < -0.3 is 4.74 Å². The van der Waals surface area contributed by atoms with E-state index in [1.807, 2.05) is 19.1 Å². The molecule has 0 amide bonds. The summed E-state index contributed by atoms with van der Waals surface area (Å²) in [6, 6.07) is 12.1. The van der Waals surface area contributed by atoms with E-state index in [0.717, 1.165) is 5.69 Å². The van der Waals surface area contributed by atoms with Crippen molar-refractivity contribution in [2.24, 2.45) is 0 Å². The van der Waals surface area contributed by atoms with E-state index in [2.05, 4.69) is 4.98 Å². The molecule has 0 bridgehead atoms. The van der Waals surface area contributed by atoms with E-state index in [1.54, 1.807) is 28.7 Å². The summed E-state index contributed by atoms with van der Waals surface area (Å²) in [5.74, 6) is 0.459. The normalized spacial score (nSPS) is 10.9. The monoisotopic (exact) mass is 334 g/mol. The lowest BCUT2D eigenvalue weighted by Crippen LogP contribution is -2.18. The summed E-state index contributed by atoms with van der Waals surface area (Å²) in [5.41, 5.74) is 1.81. The molecule has 0 radical (unpaired) electrons. The molecule has 2 heterocycles. The largest absolute Gasteiger partial charge is 0.486 e. The van der Waals surface area contributed by atoms with E-state index in [9.17, 15) is 4.79 Å². The Hall–Kier alpha value is -2.04.